The van der Waals surface area contributed by atoms with E-state index in [0.717, 1.165) is 5.56 Å². The van der Waals surface area contributed by atoms with Gasteiger partial charge in [-0.1, -0.05) is 36.4 Å². The van der Waals surface area contributed by atoms with Crippen LogP contribution in [0, 0.1) is 0 Å². The summed E-state index contributed by atoms with van der Waals surface area (Å²) in [7, 11) is -3.85. The molecule has 2 aromatic carbocycles. The van der Waals surface area contributed by atoms with E-state index in [-0.39, 0.29) is 22.7 Å². The third kappa shape index (κ3) is 5.34. The predicted molar refractivity (Wildman–Crippen MR) is 118 cm³/mol. The molecule has 0 aliphatic carbocycles. The van der Waals surface area contributed by atoms with E-state index in [1.165, 1.54) is 36.6 Å². The van der Waals surface area contributed by atoms with Gasteiger partial charge < -0.3 is 4.42 Å². The van der Waals surface area contributed by atoms with Crippen molar-refractivity contribution in [2.24, 2.45) is 0 Å². The molecule has 0 radical (unpaired) electrons. The quantitative estimate of drug-likeness (QED) is 0.308. The van der Waals surface area contributed by atoms with Crippen LogP contribution in [0.5, 0.6) is 0 Å². The van der Waals surface area contributed by atoms with Gasteiger partial charge in [-0.25, -0.2) is 13.1 Å². The number of H-pyrrole nitrogens is 1. The van der Waals surface area contributed by atoms with Crippen molar-refractivity contribution in [2.45, 2.75) is 11.4 Å². The van der Waals surface area contributed by atoms with Gasteiger partial charge in [0.15, 0.2) is 11.5 Å². The number of hydrogen-bond donors (Lipinski definition) is 4. The van der Waals surface area contributed by atoms with Crippen LogP contribution in [0.25, 0.3) is 11.5 Å². The lowest BCUT2D eigenvalue weighted by molar-refractivity contribution is 0.0844. The highest BCUT2D eigenvalue weighted by molar-refractivity contribution is 7.89. The van der Waals surface area contributed by atoms with Gasteiger partial charge in [-0.15, -0.1) is 0 Å². The van der Waals surface area contributed by atoms with Crippen molar-refractivity contribution in [2.75, 3.05) is 0 Å². The second kappa shape index (κ2) is 9.51. The fourth-order valence-electron chi connectivity index (χ4n) is 2.91. The molecule has 4 rings (SSSR count). The van der Waals surface area contributed by atoms with Gasteiger partial charge in [-0.2, -0.15) is 5.10 Å². The van der Waals surface area contributed by atoms with Gasteiger partial charge in [0.2, 0.25) is 10.0 Å². The van der Waals surface area contributed by atoms with Crippen LogP contribution in [0.1, 0.15) is 26.4 Å². The van der Waals surface area contributed by atoms with Crippen molar-refractivity contribution in [1.29, 1.82) is 0 Å². The maximum Gasteiger partial charge on any atom is 0.290 e. The van der Waals surface area contributed by atoms with Crippen LogP contribution < -0.4 is 15.6 Å². The molecule has 0 atom stereocenters. The largest absolute Gasteiger partial charge is 0.463 e. The zero-order valence-corrected chi connectivity index (χ0v) is 17.9. The number of carbonyl (C=O) groups excluding carboxylic acids is 2. The molecule has 11 heteroatoms. The SMILES string of the molecule is O=C(NNC(=O)c1cc(-c2ccco2)[nH]n1)c1cccc(S(=O)(=O)NCc2ccccc2)c1. The van der Waals surface area contributed by atoms with Crippen LogP contribution in [-0.2, 0) is 16.6 Å². The van der Waals surface area contributed by atoms with Crippen LogP contribution in [0.4, 0.5) is 0 Å². The minimum atomic E-state index is -3.85. The summed E-state index contributed by atoms with van der Waals surface area (Å²) in [6.45, 7) is 0.110. The van der Waals surface area contributed by atoms with Crippen molar-refractivity contribution in [1.82, 2.24) is 25.8 Å². The third-order valence-corrected chi connectivity index (χ3v) is 6.00. The minimum Gasteiger partial charge on any atom is -0.463 e. The van der Waals surface area contributed by atoms with E-state index < -0.39 is 21.8 Å². The fraction of sp³-hybridized carbons (Fsp3) is 0.0455. The first-order valence-corrected chi connectivity index (χ1v) is 11.2. The monoisotopic (exact) mass is 465 g/mol. The molecule has 0 aliphatic heterocycles. The number of amides is 2. The molecule has 2 amide bonds. The molecule has 33 heavy (non-hydrogen) atoms. The molecule has 0 unspecified atom stereocenters. The fourth-order valence-corrected chi connectivity index (χ4v) is 3.97. The number of nitrogens with zero attached hydrogens (tertiary/aromatic N) is 1. The van der Waals surface area contributed by atoms with E-state index >= 15 is 0 Å². The van der Waals surface area contributed by atoms with Crippen LogP contribution in [0.3, 0.4) is 0 Å². The Morgan fingerprint density at radius 3 is 2.45 bits per heavy atom. The molecular formula is C22H19N5O5S. The number of hydrazine groups is 1. The van der Waals surface area contributed by atoms with Crippen molar-refractivity contribution in [3.63, 3.8) is 0 Å². The summed E-state index contributed by atoms with van der Waals surface area (Å²) < 4.78 is 32.9. The van der Waals surface area contributed by atoms with E-state index in [0.29, 0.717) is 11.5 Å². The number of rotatable bonds is 7. The molecule has 0 aliphatic rings. The predicted octanol–water partition coefficient (Wildman–Crippen LogP) is 2.22. The topological polar surface area (TPSA) is 146 Å². The Bertz CT molecular complexity index is 1370. The highest BCUT2D eigenvalue weighted by Crippen LogP contribution is 2.17. The lowest BCUT2D eigenvalue weighted by Gasteiger charge is -2.09. The molecule has 10 nitrogen and oxygen atoms in total. The molecule has 0 saturated carbocycles. The first-order chi connectivity index (χ1) is 15.9. The average molecular weight is 465 g/mol. The zero-order valence-electron chi connectivity index (χ0n) is 17.1. The Balaban J connectivity index is 1.37. The first-order valence-electron chi connectivity index (χ1n) is 9.76. The Labute approximate surface area is 189 Å². The summed E-state index contributed by atoms with van der Waals surface area (Å²) >= 11 is 0. The van der Waals surface area contributed by atoms with Crippen LogP contribution in [0.2, 0.25) is 0 Å². The second-order valence-electron chi connectivity index (χ2n) is 6.89. The van der Waals surface area contributed by atoms with Crippen molar-refractivity contribution in [3.05, 3.63) is 95.9 Å². The van der Waals surface area contributed by atoms with Crippen LogP contribution in [0.15, 0.2) is 88.4 Å². The number of sulfonamides is 1. The standard InChI is InChI=1S/C22H19N5O5S/c28-21(26-27-22(29)19-13-18(24-25-19)20-10-5-11-32-20)16-8-4-9-17(12-16)33(30,31)23-14-15-6-2-1-3-7-15/h1-13,23H,14H2,(H,24,25)(H,26,28)(H,27,29). The molecule has 0 fully saturated rings. The number of furan rings is 1. The third-order valence-electron chi connectivity index (χ3n) is 4.60. The number of carbonyl (C=O) groups is 2. The molecule has 2 aromatic heterocycles. The normalized spacial score (nSPS) is 11.2. The minimum absolute atomic E-state index is 0.0307. The van der Waals surface area contributed by atoms with Gasteiger partial charge in [0.25, 0.3) is 11.8 Å². The van der Waals surface area contributed by atoms with Gasteiger partial charge >= 0.3 is 0 Å². The maximum absolute atomic E-state index is 12.6. The van der Waals surface area contributed by atoms with Gasteiger partial charge in [-0.3, -0.25) is 25.5 Å². The van der Waals surface area contributed by atoms with Crippen LogP contribution in [-0.4, -0.2) is 30.4 Å². The highest BCUT2D eigenvalue weighted by atomic mass is 32.2. The van der Waals surface area contributed by atoms with E-state index in [4.69, 9.17) is 4.42 Å². The summed E-state index contributed by atoms with van der Waals surface area (Å²) in [6, 6.07) is 19.4. The van der Waals surface area contributed by atoms with Crippen molar-refractivity contribution >= 4 is 21.8 Å². The number of aromatic amines is 1. The average Bonchev–Trinajstić information content (AvgIpc) is 3.54. The molecular weight excluding hydrogens is 446 g/mol. The summed E-state index contributed by atoms with van der Waals surface area (Å²) in [5.74, 6) is -0.847. The van der Waals surface area contributed by atoms with E-state index in [1.54, 1.807) is 24.3 Å². The number of nitrogens with one attached hydrogen (secondary N) is 4. The van der Waals surface area contributed by atoms with E-state index in [2.05, 4.69) is 25.8 Å². The summed E-state index contributed by atoms with van der Waals surface area (Å²) in [4.78, 5) is 24.6. The highest BCUT2D eigenvalue weighted by Gasteiger charge is 2.18. The van der Waals surface area contributed by atoms with Gasteiger partial charge in [0.05, 0.1) is 11.2 Å². The van der Waals surface area contributed by atoms with E-state index in [9.17, 15) is 18.0 Å². The number of hydrogen-bond acceptors (Lipinski definition) is 6. The van der Waals surface area contributed by atoms with Gasteiger partial charge in [0.1, 0.15) is 5.69 Å². The Kier molecular flexibility index (Phi) is 6.33. The Morgan fingerprint density at radius 1 is 0.909 bits per heavy atom. The Hall–Kier alpha value is -4.22. The van der Waals surface area contributed by atoms with Crippen molar-refractivity contribution in [3.8, 4) is 11.5 Å². The lowest BCUT2D eigenvalue weighted by Crippen LogP contribution is -2.41. The Morgan fingerprint density at radius 2 is 1.70 bits per heavy atom. The molecule has 4 aromatic rings. The summed E-state index contributed by atoms with van der Waals surface area (Å²) in [6.07, 6.45) is 1.49. The van der Waals surface area contributed by atoms with Gasteiger partial charge in [0, 0.05) is 18.2 Å². The van der Waals surface area contributed by atoms with Gasteiger partial charge in [-0.05, 0) is 35.9 Å². The summed E-state index contributed by atoms with van der Waals surface area (Å²) in [5, 5.41) is 6.54. The smallest absolute Gasteiger partial charge is 0.290 e. The zero-order chi connectivity index (χ0) is 23.3. The number of benzene rings is 2. The maximum atomic E-state index is 12.6. The molecule has 2 heterocycles. The summed E-state index contributed by atoms with van der Waals surface area (Å²) in [5.41, 5.74) is 5.87. The molecule has 0 bridgehead atoms. The van der Waals surface area contributed by atoms with E-state index in [1.807, 2.05) is 18.2 Å². The number of aromatic nitrogens is 2. The molecule has 0 saturated heterocycles. The molecule has 4 N–H and O–H groups in total. The second-order valence-corrected chi connectivity index (χ2v) is 8.66. The molecule has 0 spiro atoms. The first kappa shape index (κ1) is 22.0. The lowest BCUT2D eigenvalue weighted by atomic mass is 10.2. The van der Waals surface area contributed by atoms with Crippen molar-refractivity contribution < 1.29 is 22.4 Å². The molecule has 168 valence electrons. The van der Waals surface area contributed by atoms with Crippen LogP contribution >= 0.6 is 0 Å².